The molecule has 0 spiro atoms. The summed E-state index contributed by atoms with van der Waals surface area (Å²) in [5.41, 5.74) is 7.00. The zero-order valence-electron chi connectivity index (χ0n) is 8.56. The first-order valence-electron chi connectivity index (χ1n) is 5.21. The zero-order valence-corrected chi connectivity index (χ0v) is 9.38. The Balaban J connectivity index is 2.45. The molecule has 0 amide bonds. The van der Waals surface area contributed by atoms with E-state index in [-0.39, 0.29) is 11.6 Å². The normalized spacial score (nSPS) is 15.5. The first kappa shape index (κ1) is 9.59. The standard InChI is InChI=1S/C11H11N3OS/c12-6-1-4-9-8(5-6)10(15)14(7-2-3-7)11(16)13-9/h1,4-5,7H,2-3,12H2,(H,13,16). The highest BCUT2D eigenvalue weighted by atomic mass is 32.1. The van der Waals surface area contributed by atoms with Crippen LogP contribution < -0.4 is 11.3 Å². The van der Waals surface area contributed by atoms with Crippen LogP contribution in [-0.4, -0.2) is 9.55 Å². The number of nitrogens with zero attached hydrogens (tertiary/aromatic N) is 1. The summed E-state index contributed by atoms with van der Waals surface area (Å²) in [4.78, 5) is 15.3. The molecule has 0 bridgehead atoms. The van der Waals surface area contributed by atoms with E-state index in [0.29, 0.717) is 15.8 Å². The number of H-pyrrole nitrogens is 1. The Morgan fingerprint density at radius 2 is 2.19 bits per heavy atom. The van der Waals surface area contributed by atoms with E-state index >= 15 is 0 Å². The minimum Gasteiger partial charge on any atom is -0.399 e. The summed E-state index contributed by atoms with van der Waals surface area (Å²) in [6, 6.07) is 5.53. The lowest BCUT2D eigenvalue weighted by Gasteiger charge is -2.06. The van der Waals surface area contributed by atoms with Gasteiger partial charge in [-0.2, -0.15) is 0 Å². The maximum Gasteiger partial charge on any atom is 0.262 e. The predicted molar refractivity (Wildman–Crippen MR) is 66.1 cm³/mol. The molecule has 4 nitrogen and oxygen atoms in total. The molecule has 82 valence electrons. The highest BCUT2D eigenvalue weighted by Gasteiger charge is 2.26. The summed E-state index contributed by atoms with van der Waals surface area (Å²) in [6.45, 7) is 0. The quantitative estimate of drug-likeness (QED) is 0.584. The number of anilines is 1. The van der Waals surface area contributed by atoms with Gasteiger partial charge in [-0.1, -0.05) is 0 Å². The van der Waals surface area contributed by atoms with Crippen molar-refractivity contribution in [1.82, 2.24) is 9.55 Å². The molecule has 1 aliphatic carbocycles. The van der Waals surface area contributed by atoms with Crippen molar-refractivity contribution in [2.45, 2.75) is 18.9 Å². The molecule has 1 heterocycles. The highest BCUT2D eigenvalue weighted by Crippen LogP contribution is 2.33. The van der Waals surface area contributed by atoms with Gasteiger partial charge in [0, 0.05) is 11.7 Å². The molecule has 0 aliphatic heterocycles. The lowest BCUT2D eigenvalue weighted by Crippen LogP contribution is -2.21. The van der Waals surface area contributed by atoms with Gasteiger partial charge in [-0.15, -0.1) is 0 Å². The maximum atomic E-state index is 12.2. The fraction of sp³-hybridized carbons (Fsp3) is 0.273. The second kappa shape index (κ2) is 3.18. The van der Waals surface area contributed by atoms with Gasteiger partial charge in [0.1, 0.15) is 0 Å². The van der Waals surface area contributed by atoms with Gasteiger partial charge in [0.05, 0.1) is 10.9 Å². The van der Waals surface area contributed by atoms with Crippen molar-refractivity contribution < 1.29 is 0 Å². The summed E-state index contributed by atoms with van der Waals surface area (Å²) in [6.07, 6.45) is 2.07. The van der Waals surface area contributed by atoms with Crippen LogP contribution in [0.3, 0.4) is 0 Å². The Kier molecular flexibility index (Phi) is 1.91. The maximum absolute atomic E-state index is 12.2. The van der Waals surface area contributed by atoms with Crippen molar-refractivity contribution in [3.63, 3.8) is 0 Å². The number of hydrogen-bond donors (Lipinski definition) is 2. The minimum atomic E-state index is -0.0337. The van der Waals surface area contributed by atoms with Gasteiger partial charge in [-0.25, -0.2) is 0 Å². The first-order chi connectivity index (χ1) is 7.66. The molecule has 3 N–H and O–H groups in total. The fourth-order valence-corrected chi connectivity index (χ4v) is 2.25. The third kappa shape index (κ3) is 1.36. The summed E-state index contributed by atoms with van der Waals surface area (Å²) in [7, 11) is 0. The van der Waals surface area contributed by atoms with Gasteiger partial charge < -0.3 is 10.7 Å². The van der Waals surface area contributed by atoms with Crippen LogP contribution in [0.2, 0.25) is 0 Å². The Morgan fingerprint density at radius 1 is 1.44 bits per heavy atom. The Morgan fingerprint density at radius 3 is 2.88 bits per heavy atom. The van der Waals surface area contributed by atoms with Crippen molar-refractivity contribution in [3.8, 4) is 0 Å². The number of nitrogens with one attached hydrogen (secondary N) is 1. The van der Waals surface area contributed by atoms with E-state index in [1.54, 1.807) is 22.8 Å². The Hall–Kier alpha value is -1.62. The fourth-order valence-electron chi connectivity index (χ4n) is 1.91. The van der Waals surface area contributed by atoms with E-state index in [9.17, 15) is 4.79 Å². The summed E-state index contributed by atoms with van der Waals surface area (Å²) >= 11 is 5.19. The molecule has 16 heavy (non-hydrogen) atoms. The lowest BCUT2D eigenvalue weighted by molar-refractivity contribution is 0.686. The molecule has 0 saturated heterocycles. The van der Waals surface area contributed by atoms with E-state index in [1.165, 1.54) is 0 Å². The number of aromatic nitrogens is 2. The van der Waals surface area contributed by atoms with Gasteiger partial charge in [0.25, 0.3) is 5.56 Å². The molecule has 3 rings (SSSR count). The molecular weight excluding hydrogens is 222 g/mol. The largest absolute Gasteiger partial charge is 0.399 e. The number of rotatable bonds is 1. The molecule has 0 radical (unpaired) electrons. The summed E-state index contributed by atoms with van der Waals surface area (Å²) < 4.78 is 2.17. The van der Waals surface area contributed by atoms with E-state index in [1.807, 2.05) is 0 Å². The number of fused-ring (bicyclic) bond motifs is 1. The number of hydrogen-bond acceptors (Lipinski definition) is 3. The molecular formula is C11H11N3OS. The summed E-state index contributed by atoms with van der Waals surface area (Å²) in [5.74, 6) is 0. The average Bonchev–Trinajstić information content (AvgIpc) is 3.04. The SMILES string of the molecule is Nc1ccc2[nH]c(=S)n(C3CC3)c(=O)c2c1. The molecule has 1 aliphatic rings. The Labute approximate surface area is 96.7 Å². The molecule has 5 heteroatoms. The van der Waals surface area contributed by atoms with Crippen LogP contribution in [0, 0.1) is 4.77 Å². The van der Waals surface area contributed by atoms with E-state index in [0.717, 1.165) is 18.4 Å². The number of nitrogens with two attached hydrogens (primary N) is 1. The third-order valence-electron chi connectivity index (χ3n) is 2.87. The van der Waals surface area contributed by atoms with E-state index in [2.05, 4.69) is 4.98 Å². The average molecular weight is 233 g/mol. The Bertz CT molecular complexity index is 682. The monoisotopic (exact) mass is 233 g/mol. The minimum absolute atomic E-state index is 0.0337. The van der Waals surface area contributed by atoms with Gasteiger partial charge in [-0.05, 0) is 43.3 Å². The van der Waals surface area contributed by atoms with Crippen LogP contribution in [0.25, 0.3) is 10.9 Å². The van der Waals surface area contributed by atoms with E-state index < -0.39 is 0 Å². The van der Waals surface area contributed by atoms with Crippen molar-refractivity contribution in [3.05, 3.63) is 33.3 Å². The van der Waals surface area contributed by atoms with Crippen LogP contribution >= 0.6 is 12.2 Å². The van der Waals surface area contributed by atoms with Crippen LogP contribution in [-0.2, 0) is 0 Å². The predicted octanol–water partition coefficient (Wildman–Crippen LogP) is 1.98. The zero-order chi connectivity index (χ0) is 11.3. The van der Waals surface area contributed by atoms with Crippen molar-refractivity contribution >= 4 is 28.8 Å². The van der Waals surface area contributed by atoms with Gasteiger partial charge in [-0.3, -0.25) is 9.36 Å². The molecule has 1 fully saturated rings. The second-order valence-corrected chi connectivity index (χ2v) is 4.53. The van der Waals surface area contributed by atoms with Gasteiger partial charge in [0.15, 0.2) is 4.77 Å². The molecule has 2 aromatic rings. The van der Waals surface area contributed by atoms with Crippen molar-refractivity contribution in [1.29, 1.82) is 0 Å². The van der Waals surface area contributed by atoms with Gasteiger partial charge in [0.2, 0.25) is 0 Å². The van der Waals surface area contributed by atoms with E-state index in [4.69, 9.17) is 18.0 Å². The third-order valence-corrected chi connectivity index (χ3v) is 3.16. The van der Waals surface area contributed by atoms with Crippen LogP contribution in [0.4, 0.5) is 5.69 Å². The smallest absolute Gasteiger partial charge is 0.262 e. The number of nitrogen functional groups attached to an aromatic ring is 1. The second-order valence-electron chi connectivity index (χ2n) is 4.14. The molecule has 0 unspecified atom stereocenters. The first-order valence-corrected chi connectivity index (χ1v) is 5.62. The molecule has 1 saturated carbocycles. The van der Waals surface area contributed by atoms with Crippen LogP contribution in [0.5, 0.6) is 0 Å². The van der Waals surface area contributed by atoms with Crippen LogP contribution in [0.1, 0.15) is 18.9 Å². The number of benzene rings is 1. The molecule has 1 aromatic heterocycles. The topological polar surface area (TPSA) is 63.8 Å². The van der Waals surface area contributed by atoms with Crippen molar-refractivity contribution in [2.24, 2.45) is 0 Å². The van der Waals surface area contributed by atoms with Gasteiger partial charge >= 0.3 is 0 Å². The highest BCUT2D eigenvalue weighted by molar-refractivity contribution is 7.71. The van der Waals surface area contributed by atoms with Crippen molar-refractivity contribution in [2.75, 3.05) is 5.73 Å². The molecule has 0 atom stereocenters. The molecule has 1 aromatic carbocycles. The lowest BCUT2D eigenvalue weighted by atomic mass is 10.2. The summed E-state index contributed by atoms with van der Waals surface area (Å²) in [5, 5.41) is 0.612. The number of aromatic amines is 1. The van der Waals surface area contributed by atoms with Crippen LogP contribution in [0.15, 0.2) is 23.0 Å².